The molecule has 0 atom stereocenters. The molecule has 0 unspecified atom stereocenters. The van der Waals surface area contributed by atoms with Crippen LogP contribution in [0.5, 0.6) is 0 Å². The standard InChI is InChI=1S/C4H8O.BrH/c1-3-4(2)5;/h3H2,1-2H3;1H/p-1. The molecule has 0 amide bonds. The third-order valence-electron chi connectivity index (χ3n) is 0.498. The van der Waals surface area contributed by atoms with Gasteiger partial charge in [-0.15, -0.1) is 0 Å². The highest BCUT2D eigenvalue weighted by Crippen LogP contribution is 1.71. The van der Waals surface area contributed by atoms with E-state index in [1.54, 1.807) is 6.92 Å². The maximum Gasteiger partial charge on any atom is 0.129 e. The topological polar surface area (TPSA) is 17.1 Å². The van der Waals surface area contributed by atoms with Crippen LogP contribution in [0.15, 0.2) is 0 Å². The van der Waals surface area contributed by atoms with E-state index in [9.17, 15) is 4.79 Å². The molecular formula is C4H8BrO-. The van der Waals surface area contributed by atoms with Crippen LogP contribution in [0.4, 0.5) is 0 Å². The van der Waals surface area contributed by atoms with Gasteiger partial charge >= 0.3 is 0 Å². The normalized spacial score (nSPS) is 6.33. The maximum absolute atomic E-state index is 9.81. The lowest BCUT2D eigenvalue weighted by Gasteiger charge is -1.71. The van der Waals surface area contributed by atoms with Crippen LogP contribution >= 0.6 is 0 Å². The molecule has 0 heterocycles. The number of halogens is 1. The van der Waals surface area contributed by atoms with Crippen LogP contribution in [-0.4, -0.2) is 5.78 Å². The number of rotatable bonds is 1. The SMILES string of the molecule is CCC(C)=O.[Br-]. The zero-order chi connectivity index (χ0) is 4.28. The fraction of sp³-hybridized carbons (Fsp3) is 0.750. The third-order valence-corrected chi connectivity index (χ3v) is 0.498. The highest BCUT2D eigenvalue weighted by molar-refractivity contribution is 5.74. The molecule has 1 nitrogen and oxygen atoms in total. The van der Waals surface area contributed by atoms with Crippen LogP contribution in [-0.2, 0) is 4.79 Å². The highest BCUT2D eigenvalue weighted by atomic mass is 79.9. The van der Waals surface area contributed by atoms with Gasteiger partial charge in [-0.2, -0.15) is 0 Å². The summed E-state index contributed by atoms with van der Waals surface area (Å²) in [6.07, 6.45) is 0.667. The summed E-state index contributed by atoms with van der Waals surface area (Å²) in [7, 11) is 0. The quantitative estimate of drug-likeness (QED) is 0.424. The Morgan fingerprint density at radius 3 is 1.83 bits per heavy atom. The molecule has 38 valence electrons. The summed E-state index contributed by atoms with van der Waals surface area (Å²) in [4.78, 5) is 9.81. The first kappa shape index (κ1) is 9.47. The molecular weight excluding hydrogens is 144 g/mol. The predicted molar refractivity (Wildman–Crippen MR) is 21.0 cm³/mol. The van der Waals surface area contributed by atoms with E-state index in [4.69, 9.17) is 0 Å². The van der Waals surface area contributed by atoms with Crippen molar-refractivity contribution in [1.82, 2.24) is 0 Å². The van der Waals surface area contributed by atoms with Gasteiger partial charge in [-0.25, -0.2) is 0 Å². The van der Waals surface area contributed by atoms with E-state index in [2.05, 4.69) is 0 Å². The lowest BCUT2D eigenvalue weighted by atomic mass is 10.4. The van der Waals surface area contributed by atoms with Crippen LogP contribution < -0.4 is 17.0 Å². The zero-order valence-corrected chi connectivity index (χ0v) is 5.58. The number of ketones is 1. The lowest BCUT2D eigenvalue weighted by Crippen LogP contribution is -3.00. The molecule has 2 heteroatoms. The Labute approximate surface area is 48.5 Å². The van der Waals surface area contributed by atoms with Gasteiger partial charge in [0.2, 0.25) is 0 Å². The number of Topliss-reactive ketones (excluding diaryl/α,β-unsaturated/α-hetero) is 1. The van der Waals surface area contributed by atoms with E-state index in [-0.39, 0.29) is 22.8 Å². The smallest absolute Gasteiger partial charge is 0.129 e. The van der Waals surface area contributed by atoms with Crippen LogP contribution in [0.25, 0.3) is 0 Å². The largest absolute Gasteiger partial charge is 1.00 e. The average Bonchev–Trinajstić information content (AvgIpc) is 1.38. The van der Waals surface area contributed by atoms with Gasteiger partial charge in [0.1, 0.15) is 5.78 Å². The van der Waals surface area contributed by atoms with Crippen molar-refractivity contribution in [3.63, 3.8) is 0 Å². The van der Waals surface area contributed by atoms with Crippen molar-refractivity contribution in [3.8, 4) is 0 Å². The number of carbonyl (C=O) groups excluding carboxylic acids is 1. The minimum Gasteiger partial charge on any atom is -1.00 e. The van der Waals surface area contributed by atoms with Gasteiger partial charge in [-0.05, 0) is 6.92 Å². The molecule has 6 heavy (non-hydrogen) atoms. The van der Waals surface area contributed by atoms with E-state index >= 15 is 0 Å². The molecule has 0 aliphatic rings. The Balaban J connectivity index is 0. The van der Waals surface area contributed by atoms with Gasteiger partial charge in [-0.3, -0.25) is 0 Å². The summed E-state index contributed by atoms with van der Waals surface area (Å²) < 4.78 is 0. The second-order valence-electron chi connectivity index (χ2n) is 1.06. The molecule has 0 saturated heterocycles. The van der Waals surface area contributed by atoms with Gasteiger partial charge in [0.25, 0.3) is 0 Å². The van der Waals surface area contributed by atoms with Crippen molar-refractivity contribution in [1.29, 1.82) is 0 Å². The Morgan fingerprint density at radius 1 is 1.67 bits per heavy atom. The molecule has 0 aliphatic heterocycles. The van der Waals surface area contributed by atoms with Crippen molar-refractivity contribution >= 4 is 5.78 Å². The summed E-state index contributed by atoms with van der Waals surface area (Å²) in [5.74, 6) is 0.255. The summed E-state index contributed by atoms with van der Waals surface area (Å²) in [5, 5.41) is 0. The van der Waals surface area contributed by atoms with Crippen molar-refractivity contribution in [3.05, 3.63) is 0 Å². The summed E-state index contributed by atoms with van der Waals surface area (Å²) in [6, 6.07) is 0. The Hall–Kier alpha value is 0.150. The fourth-order valence-electron chi connectivity index (χ4n) is 0. The van der Waals surface area contributed by atoms with Gasteiger partial charge in [0, 0.05) is 6.42 Å². The Bertz CT molecular complexity index is 42.8. The summed E-state index contributed by atoms with van der Waals surface area (Å²) in [5.41, 5.74) is 0. The van der Waals surface area contributed by atoms with E-state index in [1.165, 1.54) is 0 Å². The summed E-state index contributed by atoms with van der Waals surface area (Å²) >= 11 is 0. The van der Waals surface area contributed by atoms with Gasteiger partial charge in [0.15, 0.2) is 0 Å². The predicted octanol–water partition coefficient (Wildman–Crippen LogP) is -2.01. The minimum atomic E-state index is 0. The van der Waals surface area contributed by atoms with E-state index in [1.807, 2.05) is 6.92 Å². The van der Waals surface area contributed by atoms with Crippen molar-refractivity contribution in [2.24, 2.45) is 0 Å². The molecule has 0 aliphatic carbocycles. The molecule has 0 spiro atoms. The molecule has 0 fully saturated rings. The van der Waals surface area contributed by atoms with Crippen molar-refractivity contribution in [2.75, 3.05) is 0 Å². The van der Waals surface area contributed by atoms with Crippen LogP contribution in [0.2, 0.25) is 0 Å². The molecule has 0 aromatic heterocycles. The Kier molecular flexibility index (Phi) is 8.13. The minimum absolute atomic E-state index is 0. The first-order valence-corrected chi connectivity index (χ1v) is 1.76. The second-order valence-corrected chi connectivity index (χ2v) is 1.06. The maximum atomic E-state index is 9.81. The van der Waals surface area contributed by atoms with Crippen molar-refractivity contribution in [2.45, 2.75) is 20.3 Å². The van der Waals surface area contributed by atoms with Crippen LogP contribution in [0.3, 0.4) is 0 Å². The van der Waals surface area contributed by atoms with E-state index in [0.717, 1.165) is 0 Å². The third kappa shape index (κ3) is 8.91. The Morgan fingerprint density at radius 2 is 1.83 bits per heavy atom. The van der Waals surface area contributed by atoms with E-state index in [0.29, 0.717) is 6.42 Å². The van der Waals surface area contributed by atoms with Gasteiger partial charge in [0.05, 0.1) is 0 Å². The second kappa shape index (κ2) is 5.15. The highest BCUT2D eigenvalue weighted by Gasteiger charge is 1.76. The number of hydrogen-bond acceptors (Lipinski definition) is 1. The molecule has 0 N–H and O–H groups in total. The fourth-order valence-corrected chi connectivity index (χ4v) is 0. The monoisotopic (exact) mass is 151 g/mol. The molecule has 0 aromatic rings. The first-order chi connectivity index (χ1) is 2.27. The van der Waals surface area contributed by atoms with Crippen LogP contribution in [0.1, 0.15) is 20.3 Å². The number of carbonyl (C=O) groups is 1. The van der Waals surface area contributed by atoms with Gasteiger partial charge in [-0.1, -0.05) is 6.92 Å². The summed E-state index contributed by atoms with van der Waals surface area (Å²) in [6.45, 7) is 3.43. The average molecular weight is 152 g/mol. The molecule has 0 saturated carbocycles. The zero-order valence-electron chi connectivity index (χ0n) is 3.99. The number of hydrogen-bond donors (Lipinski definition) is 0. The van der Waals surface area contributed by atoms with Gasteiger partial charge < -0.3 is 21.8 Å². The molecule has 0 rings (SSSR count). The molecule has 0 bridgehead atoms. The van der Waals surface area contributed by atoms with Crippen molar-refractivity contribution < 1.29 is 21.8 Å². The molecule has 0 aromatic carbocycles. The lowest BCUT2D eigenvalue weighted by molar-refractivity contribution is -0.116. The van der Waals surface area contributed by atoms with Crippen LogP contribution in [0, 0.1) is 0 Å². The van der Waals surface area contributed by atoms with E-state index < -0.39 is 0 Å². The first-order valence-electron chi connectivity index (χ1n) is 1.76. The molecule has 0 radical (unpaired) electrons.